The average molecular weight is 408 g/mol. The van der Waals surface area contributed by atoms with Gasteiger partial charge in [0.15, 0.2) is 0 Å². The van der Waals surface area contributed by atoms with E-state index in [1.807, 2.05) is 25.1 Å². The molecule has 0 unspecified atom stereocenters. The zero-order valence-electron chi connectivity index (χ0n) is 14.0. The van der Waals surface area contributed by atoms with E-state index in [0.29, 0.717) is 11.4 Å². The van der Waals surface area contributed by atoms with Crippen molar-refractivity contribution in [2.45, 2.75) is 6.92 Å². The number of hydrogen-bond acceptors (Lipinski definition) is 3. The first-order chi connectivity index (χ1) is 11.8. The summed E-state index contributed by atoms with van der Waals surface area (Å²) >= 11 is 3.42. The number of rotatable bonds is 6. The van der Waals surface area contributed by atoms with Crippen LogP contribution < -0.4 is 10.6 Å². The highest BCUT2D eigenvalue weighted by molar-refractivity contribution is 9.10. The van der Waals surface area contributed by atoms with Crippen LogP contribution in [0.25, 0.3) is 0 Å². The number of aryl methyl sites for hydroxylation is 1. The zero-order valence-corrected chi connectivity index (χ0v) is 15.6. The lowest BCUT2D eigenvalue weighted by molar-refractivity contribution is -0.119. The van der Waals surface area contributed by atoms with Gasteiger partial charge in [0.1, 0.15) is 5.82 Å². The topological polar surface area (TPSA) is 61.4 Å². The number of amides is 2. The third-order valence-electron chi connectivity index (χ3n) is 3.41. The Hall–Kier alpha value is -2.25. The quantitative estimate of drug-likeness (QED) is 0.770. The summed E-state index contributed by atoms with van der Waals surface area (Å²) < 4.78 is 13.7. The van der Waals surface area contributed by atoms with E-state index >= 15 is 0 Å². The van der Waals surface area contributed by atoms with Gasteiger partial charge in [0, 0.05) is 15.8 Å². The fourth-order valence-electron chi connectivity index (χ4n) is 2.15. The van der Waals surface area contributed by atoms with Crippen LogP contribution in [-0.2, 0) is 9.59 Å². The summed E-state index contributed by atoms with van der Waals surface area (Å²) in [6.07, 6.45) is 0. The van der Waals surface area contributed by atoms with Crippen molar-refractivity contribution in [2.75, 3.05) is 30.8 Å². The van der Waals surface area contributed by atoms with Gasteiger partial charge in [-0.25, -0.2) is 4.39 Å². The van der Waals surface area contributed by atoms with Gasteiger partial charge in [-0.05, 0) is 55.9 Å². The monoisotopic (exact) mass is 407 g/mol. The molecule has 0 aliphatic carbocycles. The molecule has 0 atom stereocenters. The second-order valence-electron chi connectivity index (χ2n) is 5.74. The summed E-state index contributed by atoms with van der Waals surface area (Å²) in [5.41, 5.74) is 2.27. The Morgan fingerprint density at radius 2 is 1.52 bits per heavy atom. The van der Waals surface area contributed by atoms with E-state index in [0.717, 1.165) is 10.0 Å². The van der Waals surface area contributed by atoms with Crippen molar-refractivity contribution in [3.05, 3.63) is 58.3 Å². The molecule has 0 spiro atoms. The molecule has 2 aromatic rings. The number of likely N-dealkylation sites (N-methyl/N-ethyl adjacent to an activating group) is 1. The molecule has 0 heterocycles. The van der Waals surface area contributed by atoms with Crippen LogP contribution in [-0.4, -0.2) is 36.9 Å². The average Bonchev–Trinajstić information content (AvgIpc) is 2.52. The first-order valence-electron chi connectivity index (χ1n) is 7.63. The summed E-state index contributed by atoms with van der Waals surface area (Å²) in [6.45, 7) is 2.08. The summed E-state index contributed by atoms with van der Waals surface area (Å²) in [5.74, 6) is -0.859. The van der Waals surface area contributed by atoms with Gasteiger partial charge in [-0.1, -0.05) is 22.0 Å². The minimum absolute atomic E-state index is 0.0440. The van der Waals surface area contributed by atoms with Gasteiger partial charge in [0.2, 0.25) is 11.8 Å². The van der Waals surface area contributed by atoms with E-state index in [4.69, 9.17) is 0 Å². The highest BCUT2D eigenvalue weighted by atomic mass is 79.9. The van der Waals surface area contributed by atoms with Crippen LogP contribution in [0.5, 0.6) is 0 Å². The Balaban J connectivity index is 1.81. The number of nitrogens with zero attached hydrogens (tertiary/aromatic N) is 1. The third-order valence-corrected chi connectivity index (χ3v) is 4.26. The first-order valence-corrected chi connectivity index (χ1v) is 8.43. The predicted molar refractivity (Wildman–Crippen MR) is 100 cm³/mol. The molecule has 0 saturated heterocycles. The molecule has 25 heavy (non-hydrogen) atoms. The van der Waals surface area contributed by atoms with Gasteiger partial charge >= 0.3 is 0 Å². The Bertz CT molecular complexity index is 765. The van der Waals surface area contributed by atoms with Crippen LogP contribution in [0.1, 0.15) is 5.56 Å². The molecule has 132 valence electrons. The van der Waals surface area contributed by atoms with Crippen molar-refractivity contribution in [2.24, 2.45) is 0 Å². The van der Waals surface area contributed by atoms with Gasteiger partial charge in [-0.2, -0.15) is 0 Å². The van der Waals surface area contributed by atoms with Crippen LogP contribution in [0.3, 0.4) is 0 Å². The summed E-state index contributed by atoms with van der Waals surface area (Å²) in [7, 11) is 1.68. The second kappa shape index (κ2) is 8.73. The standard InChI is InChI=1S/C18H19BrFN3O2/c1-12-3-6-15(9-16(12)19)22-18(25)11-23(2)10-17(24)21-14-7-4-13(20)5-8-14/h3-9H,10-11H2,1-2H3,(H,21,24)(H,22,25). The van der Waals surface area contributed by atoms with Crippen LogP contribution in [0.2, 0.25) is 0 Å². The maximum Gasteiger partial charge on any atom is 0.238 e. The van der Waals surface area contributed by atoms with Crippen molar-refractivity contribution in [1.82, 2.24) is 4.90 Å². The molecule has 0 saturated carbocycles. The third kappa shape index (κ3) is 6.28. The van der Waals surface area contributed by atoms with Crippen LogP contribution >= 0.6 is 15.9 Å². The lowest BCUT2D eigenvalue weighted by Crippen LogP contribution is -2.36. The number of nitrogens with one attached hydrogen (secondary N) is 2. The van der Waals surface area contributed by atoms with Gasteiger partial charge in [-0.15, -0.1) is 0 Å². The van der Waals surface area contributed by atoms with E-state index in [2.05, 4.69) is 26.6 Å². The lowest BCUT2D eigenvalue weighted by Gasteiger charge is -2.16. The van der Waals surface area contributed by atoms with Crippen molar-refractivity contribution in [3.63, 3.8) is 0 Å². The van der Waals surface area contributed by atoms with Crippen molar-refractivity contribution >= 4 is 39.1 Å². The van der Waals surface area contributed by atoms with E-state index in [1.54, 1.807) is 11.9 Å². The fraction of sp³-hybridized carbons (Fsp3) is 0.222. The van der Waals surface area contributed by atoms with Crippen LogP contribution in [0, 0.1) is 12.7 Å². The number of carbonyl (C=O) groups excluding carboxylic acids is 2. The second-order valence-corrected chi connectivity index (χ2v) is 6.59. The van der Waals surface area contributed by atoms with E-state index in [1.165, 1.54) is 24.3 Å². The van der Waals surface area contributed by atoms with Gasteiger partial charge in [-0.3, -0.25) is 14.5 Å². The molecule has 2 N–H and O–H groups in total. The molecular weight excluding hydrogens is 389 g/mol. The molecule has 0 radical (unpaired) electrons. The molecule has 0 aromatic heterocycles. The normalized spacial score (nSPS) is 10.6. The number of halogens is 2. The molecular formula is C18H19BrFN3O2. The van der Waals surface area contributed by atoms with Gasteiger partial charge < -0.3 is 10.6 Å². The summed E-state index contributed by atoms with van der Waals surface area (Å²) in [6, 6.07) is 11.1. The first kappa shape index (κ1) is 19.1. The smallest absolute Gasteiger partial charge is 0.238 e. The predicted octanol–water partition coefficient (Wildman–Crippen LogP) is 3.41. The summed E-state index contributed by atoms with van der Waals surface area (Å²) in [5, 5.41) is 5.44. The molecule has 2 amide bonds. The van der Waals surface area contributed by atoms with Gasteiger partial charge in [0.05, 0.1) is 13.1 Å². The minimum Gasteiger partial charge on any atom is -0.325 e. The fourth-order valence-corrected chi connectivity index (χ4v) is 2.53. The Morgan fingerprint density at radius 1 is 1.00 bits per heavy atom. The largest absolute Gasteiger partial charge is 0.325 e. The Labute approximate surface area is 154 Å². The SMILES string of the molecule is Cc1ccc(NC(=O)CN(C)CC(=O)Nc2ccc(F)cc2)cc1Br. The Morgan fingerprint density at radius 3 is 2.08 bits per heavy atom. The number of carbonyl (C=O) groups is 2. The molecule has 0 aliphatic heterocycles. The molecule has 2 rings (SSSR count). The maximum atomic E-state index is 12.8. The van der Waals surface area contributed by atoms with Crippen molar-refractivity contribution < 1.29 is 14.0 Å². The molecule has 5 nitrogen and oxygen atoms in total. The molecule has 0 fully saturated rings. The molecule has 2 aromatic carbocycles. The lowest BCUT2D eigenvalue weighted by atomic mass is 10.2. The van der Waals surface area contributed by atoms with Crippen molar-refractivity contribution in [3.8, 4) is 0 Å². The highest BCUT2D eigenvalue weighted by Gasteiger charge is 2.11. The number of hydrogen-bond donors (Lipinski definition) is 2. The van der Waals surface area contributed by atoms with Crippen molar-refractivity contribution in [1.29, 1.82) is 0 Å². The molecule has 0 bridgehead atoms. The number of anilines is 2. The maximum absolute atomic E-state index is 12.8. The van der Waals surface area contributed by atoms with Crippen LogP contribution in [0.15, 0.2) is 46.9 Å². The molecule has 7 heteroatoms. The molecule has 0 aliphatic rings. The van der Waals surface area contributed by atoms with Crippen LogP contribution in [0.4, 0.5) is 15.8 Å². The van der Waals surface area contributed by atoms with E-state index in [-0.39, 0.29) is 30.7 Å². The zero-order chi connectivity index (χ0) is 18.4. The number of benzene rings is 2. The summed E-state index contributed by atoms with van der Waals surface area (Å²) in [4.78, 5) is 25.6. The minimum atomic E-state index is -0.366. The van der Waals surface area contributed by atoms with E-state index in [9.17, 15) is 14.0 Å². The highest BCUT2D eigenvalue weighted by Crippen LogP contribution is 2.20. The van der Waals surface area contributed by atoms with Gasteiger partial charge in [0.25, 0.3) is 0 Å². The van der Waals surface area contributed by atoms with E-state index < -0.39 is 0 Å². The Kier molecular flexibility index (Phi) is 6.66.